The minimum absolute atomic E-state index is 0.166. The van der Waals surface area contributed by atoms with Gasteiger partial charge in [-0.1, -0.05) is 38.1 Å². The van der Waals surface area contributed by atoms with E-state index in [0.29, 0.717) is 11.6 Å². The molecule has 5 rings (SSSR count). The van der Waals surface area contributed by atoms with Crippen molar-refractivity contribution in [3.8, 4) is 22.5 Å². The normalized spacial score (nSPS) is 14.1. The number of rotatable bonds is 7. The number of aromatic nitrogens is 6. The van der Waals surface area contributed by atoms with Gasteiger partial charge >= 0.3 is 5.97 Å². The number of hydrogen-bond acceptors (Lipinski definition) is 8. The molecule has 1 saturated carbocycles. The van der Waals surface area contributed by atoms with Crippen LogP contribution in [0.5, 0.6) is 0 Å². The minimum atomic E-state index is -0.476. The molecule has 0 aliphatic heterocycles. The highest BCUT2D eigenvalue weighted by molar-refractivity contribution is 5.86. The summed E-state index contributed by atoms with van der Waals surface area (Å²) in [6.07, 6.45) is 10.4. The number of nitrogens with zero attached hydrogens (tertiary/aromatic N) is 6. The van der Waals surface area contributed by atoms with Gasteiger partial charge in [-0.25, -0.2) is 15.0 Å². The van der Waals surface area contributed by atoms with Crippen molar-refractivity contribution in [2.24, 2.45) is 7.05 Å². The average Bonchev–Trinajstić information content (AvgIpc) is 3.63. The maximum atomic E-state index is 12.2. The van der Waals surface area contributed by atoms with E-state index in [1.807, 2.05) is 31.3 Å². The first-order valence-electron chi connectivity index (χ1n) is 11.5. The zero-order valence-corrected chi connectivity index (χ0v) is 20.2. The van der Waals surface area contributed by atoms with Gasteiger partial charge in [0.25, 0.3) is 0 Å². The second-order valence-electron chi connectivity index (χ2n) is 9.09. The molecule has 9 heteroatoms. The maximum Gasteiger partial charge on any atom is 0.316 e. The molecule has 4 aromatic rings. The van der Waals surface area contributed by atoms with E-state index in [1.165, 1.54) is 7.11 Å². The fourth-order valence-corrected chi connectivity index (χ4v) is 4.12. The smallest absolute Gasteiger partial charge is 0.316 e. The van der Waals surface area contributed by atoms with Crippen molar-refractivity contribution in [1.29, 1.82) is 0 Å². The van der Waals surface area contributed by atoms with Crippen LogP contribution in [-0.2, 0) is 22.0 Å². The number of hydrogen-bond donors (Lipinski definition) is 1. The highest BCUT2D eigenvalue weighted by Crippen LogP contribution is 2.49. The zero-order valence-electron chi connectivity index (χ0n) is 20.2. The summed E-state index contributed by atoms with van der Waals surface area (Å²) in [5.41, 5.74) is 4.05. The Labute approximate surface area is 203 Å². The molecule has 178 valence electrons. The summed E-state index contributed by atoms with van der Waals surface area (Å²) in [7, 11) is 3.29. The third kappa shape index (κ3) is 4.25. The van der Waals surface area contributed by atoms with E-state index in [2.05, 4.69) is 44.2 Å². The molecule has 1 aliphatic rings. The molecule has 0 bridgehead atoms. The Kier molecular flexibility index (Phi) is 5.76. The molecule has 3 aromatic heterocycles. The van der Waals surface area contributed by atoms with Gasteiger partial charge in [-0.05, 0) is 29.9 Å². The molecule has 1 N–H and O–H groups in total. The molecule has 1 fully saturated rings. The van der Waals surface area contributed by atoms with Crippen LogP contribution in [0.15, 0.2) is 55.2 Å². The summed E-state index contributed by atoms with van der Waals surface area (Å²) in [4.78, 5) is 30.3. The van der Waals surface area contributed by atoms with Crippen molar-refractivity contribution >= 4 is 17.6 Å². The summed E-state index contributed by atoms with van der Waals surface area (Å²) in [6.45, 7) is 4.16. The van der Waals surface area contributed by atoms with Gasteiger partial charge in [0.2, 0.25) is 0 Å². The van der Waals surface area contributed by atoms with Crippen molar-refractivity contribution < 1.29 is 9.53 Å². The van der Waals surface area contributed by atoms with Gasteiger partial charge in [-0.15, -0.1) is 0 Å². The van der Waals surface area contributed by atoms with E-state index >= 15 is 0 Å². The first kappa shape index (κ1) is 22.6. The van der Waals surface area contributed by atoms with Gasteiger partial charge in [0, 0.05) is 31.2 Å². The van der Waals surface area contributed by atoms with Crippen LogP contribution in [0.25, 0.3) is 22.5 Å². The fraction of sp³-hybridized carbons (Fsp3) is 0.308. The van der Waals surface area contributed by atoms with Crippen LogP contribution < -0.4 is 5.32 Å². The molecule has 0 radical (unpaired) electrons. The largest absolute Gasteiger partial charge is 0.468 e. The third-order valence-electron chi connectivity index (χ3n) is 6.42. The van der Waals surface area contributed by atoms with Gasteiger partial charge < -0.3 is 10.1 Å². The van der Waals surface area contributed by atoms with Gasteiger partial charge in [-0.3, -0.25) is 14.5 Å². The predicted octanol–water partition coefficient (Wildman–Crippen LogP) is 4.41. The molecule has 3 heterocycles. The van der Waals surface area contributed by atoms with Crippen molar-refractivity contribution in [1.82, 2.24) is 29.7 Å². The summed E-state index contributed by atoms with van der Waals surface area (Å²) < 4.78 is 6.71. The molecule has 1 aromatic carbocycles. The van der Waals surface area contributed by atoms with Gasteiger partial charge in [0.1, 0.15) is 11.6 Å². The number of methoxy groups -OCH3 is 1. The van der Waals surface area contributed by atoms with Crippen LogP contribution in [0.4, 0.5) is 11.6 Å². The number of aryl methyl sites for hydroxylation is 1. The Bertz CT molecular complexity index is 1360. The van der Waals surface area contributed by atoms with Crippen LogP contribution in [0.1, 0.15) is 43.9 Å². The number of anilines is 2. The highest BCUT2D eigenvalue weighted by atomic mass is 16.5. The van der Waals surface area contributed by atoms with E-state index < -0.39 is 5.41 Å². The molecule has 9 nitrogen and oxygen atoms in total. The second kappa shape index (κ2) is 8.90. The standard InChI is InChI=1S/C26H27N7O2/c1-16(2)21-14-27-15-22(31-21)32-24-20(13-30-33(24)3)23-28-11-18(12-29-23)17-5-7-19(8-6-17)26(9-10-26)25(34)35-4/h5-8,11-16H,9-10H2,1-4H3,(H,31,32). The monoisotopic (exact) mass is 469 g/mol. The Morgan fingerprint density at radius 1 is 1.03 bits per heavy atom. The van der Waals surface area contributed by atoms with Gasteiger partial charge in [-0.2, -0.15) is 5.10 Å². The Balaban J connectivity index is 1.37. The lowest BCUT2D eigenvalue weighted by molar-refractivity contribution is -0.143. The zero-order chi connectivity index (χ0) is 24.6. The third-order valence-corrected chi connectivity index (χ3v) is 6.42. The summed E-state index contributed by atoms with van der Waals surface area (Å²) in [5, 5.41) is 7.69. The van der Waals surface area contributed by atoms with Crippen molar-refractivity contribution in [3.63, 3.8) is 0 Å². The number of carbonyl (C=O) groups excluding carboxylic acids is 1. The van der Waals surface area contributed by atoms with Crippen LogP contribution in [-0.4, -0.2) is 42.8 Å². The lowest BCUT2D eigenvalue weighted by Gasteiger charge is -2.13. The molecular formula is C26H27N7O2. The van der Waals surface area contributed by atoms with Crippen LogP contribution >= 0.6 is 0 Å². The van der Waals surface area contributed by atoms with Crippen LogP contribution in [0.3, 0.4) is 0 Å². The van der Waals surface area contributed by atoms with Crippen molar-refractivity contribution in [3.05, 3.63) is 66.5 Å². The predicted molar refractivity (Wildman–Crippen MR) is 132 cm³/mol. The Morgan fingerprint density at radius 2 is 1.74 bits per heavy atom. The average molecular weight is 470 g/mol. The number of ether oxygens (including phenoxy) is 1. The molecule has 0 unspecified atom stereocenters. The quantitative estimate of drug-likeness (QED) is 0.397. The topological polar surface area (TPSA) is 108 Å². The summed E-state index contributed by atoms with van der Waals surface area (Å²) >= 11 is 0. The fourth-order valence-electron chi connectivity index (χ4n) is 4.12. The lowest BCUT2D eigenvalue weighted by atomic mass is 9.94. The minimum Gasteiger partial charge on any atom is -0.468 e. The number of benzene rings is 1. The van der Waals surface area contributed by atoms with E-state index in [9.17, 15) is 4.79 Å². The molecule has 0 spiro atoms. The number of carbonyl (C=O) groups is 1. The summed E-state index contributed by atoms with van der Waals surface area (Å²) in [6, 6.07) is 7.97. The molecule has 0 saturated heterocycles. The Morgan fingerprint density at radius 3 is 2.37 bits per heavy atom. The lowest BCUT2D eigenvalue weighted by Crippen LogP contribution is -2.21. The number of nitrogens with one attached hydrogen (secondary N) is 1. The first-order chi connectivity index (χ1) is 16.9. The number of esters is 1. The van der Waals surface area contributed by atoms with Gasteiger partial charge in [0.05, 0.1) is 36.2 Å². The van der Waals surface area contributed by atoms with Crippen LogP contribution in [0, 0.1) is 0 Å². The Hall–Kier alpha value is -4.14. The van der Waals surface area contributed by atoms with Crippen LogP contribution in [0.2, 0.25) is 0 Å². The van der Waals surface area contributed by atoms with E-state index in [4.69, 9.17) is 4.74 Å². The van der Waals surface area contributed by atoms with E-state index in [1.54, 1.807) is 35.7 Å². The highest BCUT2D eigenvalue weighted by Gasteiger charge is 2.52. The van der Waals surface area contributed by atoms with Crippen molar-refractivity contribution in [2.75, 3.05) is 12.4 Å². The maximum absolute atomic E-state index is 12.2. The second-order valence-corrected chi connectivity index (χ2v) is 9.09. The molecular weight excluding hydrogens is 442 g/mol. The van der Waals surface area contributed by atoms with Crippen molar-refractivity contribution in [2.45, 2.75) is 38.0 Å². The van der Waals surface area contributed by atoms with E-state index in [-0.39, 0.29) is 11.9 Å². The molecule has 0 atom stereocenters. The molecule has 0 amide bonds. The van der Waals surface area contributed by atoms with E-state index in [0.717, 1.165) is 46.6 Å². The molecule has 35 heavy (non-hydrogen) atoms. The van der Waals surface area contributed by atoms with Gasteiger partial charge in [0.15, 0.2) is 5.82 Å². The summed E-state index contributed by atoms with van der Waals surface area (Å²) in [5.74, 6) is 2.03. The first-order valence-corrected chi connectivity index (χ1v) is 11.5. The SMILES string of the molecule is COC(=O)C1(c2ccc(-c3cnc(-c4cnn(C)c4Nc4cncc(C(C)C)n4)nc3)cc2)CC1. The molecule has 1 aliphatic carbocycles.